The zero-order valence-electron chi connectivity index (χ0n) is 10.7. The van der Waals surface area contributed by atoms with Gasteiger partial charge >= 0.3 is 0 Å². The third-order valence-electron chi connectivity index (χ3n) is 3.26. The zero-order chi connectivity index (χ0) is 12.3. The Bertz CT molecular complexity index is 534. The number of hydrogen-bond acceptors (Lipinski definition) is 1. The summed E-state index contributed by atoms with van der Waals surface area (Å²) < 4.78 is 0. The highest BCUT2D eigenvalue weighted by molar-refractivity contribution is 5.88. The molecule has 2 rings (SSSR count). The van der Waals surface area contributed by atoms with Crippen LogP contribution in [0, 0.1) is 6.92 Å². The monoisotopic (exact) mass is 261 g/mol. The highest BCUT2D eigenvalue weighted by Crippen LogP contribution is 2.27. The van der Waals surface area contributed by atoms with E-state index in [1.165, 1.54) is 21.9 Å². The second-order valence-corrected chi connectivity index (χ2v) is 4.49. The van der Waals surface area contributed by atoms with E-state index in [0.717, 1.165) is 12.8 Å². The van der Waals surface area contributed by atoms with Gasteiger partial charge in [-0.15, -0.1) is 19.0 Å². The van der Waals surface area contributed by atoms with Crippen LogP contribution in [0.5, 0.6) is 0 Å². The first-order chi connectivity index (χ1) is 8.24. The number of benzene rings is 2. The Hall–Kier alpha value is -1.31. The van der Waals surface area contributed by atoms with Gasteiger partial charge in [0.25, 0.3) is 0 Å². The van der Waals surface area contributed by atoms with Crippen molar-refractivity contribution in [2.75, 3.05) is 0 Å². The van der Waals surface area contributed by atoms with Crippen LogP contribution in [0.15, 0.2) is 49.1 Å². The average Bonchev–Trinajstić information content (AvgIpc) is 2.37. The van der Waals surface area contributed by atoms with E-state index < -0.39 is 0 Å². The first-order valence-electron chi connectivity index (χ1n) is 6.08. The molecule has 96 valence electrons. The van der Waals surface area contributed by atoms with Crippen molar-refractivity contribution < 1.29 is 0 Å². The predicted octanol–water partition coefficient (Wildman–Crippen LogP) is 4.54. The van der Waals surface area contributed by atoms with Crippen molar-refractivity contribution in [3.8, 4) is 0 Å². The standard InChI is InChI=1S/C16H19N.ClH/c1-3-4-9-16(17)15-11-10-12(2)13-7-5-6-8-14(13)15;/h3,5-8,10-11,16H,1,4,9,17H2,2H3;1H/t16-;/m0./s1. The molecule has 0 spiro atoms. The van der Waals surface area contributed by atoms with Crippen LogP contribution in [0.4, 0.5) is 0 Å². The molecule has 2 N–H and O–H groups in total. The van der Waals surface area contributed by atoms with E-state index in [0.29, 0.717) is 0 Å². The summed E-state index contributed by atoms with van der Waals surface area (Å²) in [5, 5.41) is 2.59. The van der Waals surface area contributed by atoms with Gasteiger partial charge in [-0.2, -0.15) is 0 Å². The summed E-state index contributed by atoms with van der Waals surface area (Å²) in [6.45, 7) is 5.89. The van der Waals surface area contributed by atoms with Gasteiger partial charge < -0.3 is 5.73 Å². The molecular formula is C16H20ClN. The van der Waals surface area contributed by atoms with Crippen LogP contribution in [0.25, 0.3) is 10.8 Å². The number of halogens is 1. The number of rotatable bonds is 4. The highest BCUT2D eigenvalue weighted by atomic mass is 35.5. The van der Waals surface area contributed by atoms with Gasteiger partial charge in [-0.1, -0.05) is 42.5 Å². The van der Waals surface area contributed by atoms with E-state index in [-0.39, 0.29) is 18.4 Å². The molecular weight excluding hydrogens is 242 g/mol. The average molecular weight is 262 g/mol. The Kier molecular flexibility index (Phi) is 5.39. The van der Waals surface area contributed by atoms with Crippen LogP contribution >= 0.6 is 12.4 Å². The predicted molar refractivity (Wildman–Crippen MR) is 82.3 cm³/mol. The van der Waals surface area contributed by atoms with E-state index in [1.807, 2.05) is 6.08 Å². The van der Waals surface area contributed by atoms with E-state index >= 15 is 0 Å². The van der Waals surface area contributed by atoms with Gasteiger partial charge in [-0.05, 0) is 41.7 Å². The molecule has 2 aromatic rings. The molecule has 1 nitrogen and oxygen atoms in total. The van der Waals surface area contributed by atoms with Gasteiger partial charge in [0.15, 0.2) is 0 Å². The summed E-state index contributed by atoms with van der Waals surface area (Å²) in [6, 6.07) is 12.9. The van der Waals surface area contributed by atoms with Crippen LogP contribution in [0.1, 0.15) is 30.0 Å². The number of allylic oxidation sites excluding steroid dienone is 1. The maximum absolute atomic E-state index is 6.25. The molecule has 0 amide bonds. The molecule has 0 unspecified atom stereocenters. The first kappa shape index (κ1) is 14.7. The van der Waals surface area contributed by atoms with Gasteiger partial charge in [0.1, 0.15) is 0 Å². The molecule has 0 aromatic heterocycles. The fraction of sp³-hybridized carbons (Fsp3) is 0.250. The van der Waals surface area contributed by atoms with E-state index in [2.05, 4.69) is 49.9 Å². The Morgan fingerprint density at radius 3 is 2.50 bits per heavy atom. The molecule has 0 aliphatic carbocycles. The minimum atomic E-state index is 0. The van der Waals surface area contributed by atoms with Gasteiger partial charge in [-0.3, -0.25) is 0 Å². The molecule has 0 aliphatic heterocycles. The Labute approximate surface area is 115 Å². The lowest BCUT2D eigenvalue weighted by atomic mass is 9.94. The van der Waals surface area contributed by atoms with Crippen LogP contribution in [0.3, 0.4) is 0 Å². The minimum Gasteiger partial charge on any atom is -0.324 e. The molecule has 2 aromatic carbocycles. The molecule has 0 saturated carbocycles. The largest absolute Gasteiger partial charge is 0.324 e. The molecule has 0 radical (unpaired) electrons. The van der Waals surface area contributed by atoms with Crippen molar-refractivity contribution in [2.45, 2.75) is 25.8 Å². The van der Waals surface area contributed by atoms with Crippen LogP contribution < -0.4 is 5.73 Å². The second-order valence-electron chi connectivity index (χ2n) is 4.49. The molecule has 0 saturated heterocycles. The topological polar surface area (TPSA) is 26.0 Å². The molecule has 0 heterocycles. The van der Waals surface area contributed by atoms with Crippen LogP contribution in [-0.2, 0) is 0 Å². The quantitative estimate of drug-likeness (QED) is 0.804. The highest BCUT2D eigenvalue weighted by Gasteiger charge is 2.09. The summed E-state index contributed by atoms with van der Waals surface area (Å²) >= 11 is 0. The fourth-order valence-corrected chi connectivity index (χ4v) is 2.25. The fourth-order valence-electron chi connectivity index (χ4n) is 2.25. The Morgan fingerprint density at radius 2 is 1.83 bits per heavy atom. The molecule has 0 bridgehead atoms. The van der Waals surface area contributed by atoms with Gasteiger partial charge in [0, 0.05) is 6.04 Å². The van der Waals surface area contributed by atoms with Gasteiger partial charge in [0.05, 0.1) is 0 Å². The van der Waals surface area contributed by atoms with Gasteiger partial charge in [0.2, 0.25) is 0 Å². The summed E-state index contributed by atoms with van der Waals surface area (Å²) in [6.07, 6.45) is 3.84. The molecule has 1 atom stereocenters. The third kappa shape index (κ3) is 2.92. The summed E-state index contributed by atoms with van der Waals surface area (Å²) in [5.74, 6) is 0. The normalized spacial score (nSPS) is 11.9. The minimum absolute atomic E-state index is 0. The second kappa shape index (κ2) is 6.58. The van der Waals surface area contributed by atoms with Gasteiger partial charge in [-0.25, -0.2) is 0 Å². The third-order valence-corrected chi connectivity index (χ3v) is 3.26. The Balaban J connectivity index is 0.00000162. The SMILES string of the molecule is C=CCC[C@H](N)c1ccc(C)c2ccccc12.Cl. The van der Waals surface area contributed by atoms with Crippen molar-refractivity contribution >= 4 is 23.2 Å². The molecule has 0 aliphatic rings. The number of hydrogen-bond donors (Lipinski definition) is 1. The van der Waals surface area contributed by atoms with Crippen molar-refractivity contribution in [1.82, 2.24) is 0 Å². The maximum atomic E-state index is 6.25. The van der Waals surface area contributed by atoms with E-state index in [1.54, 1.807) is 0 Å². The lowest BCUT2D eigenvalue weighted by molar-refractivity contribution is 0.666. The smallest absolute Gasteiger partial charge is 0.0303 e. The van der Waals surface area contributed by atoms with Crippen LogP contribution in [0.2, 0.25) is 0 Å². The maximum Gasteiger partial charge on any atom is 0.0303 e. The summed E-state index contributed by atoms with van der Waals surface area (Å²) in [4.78, 5) is 0. The number of aryl methyl sites for hydroxylation is 1. The zero-order valence-corrected chi connectivity index (χ0v) is 11.5. The molecule has 18 heavy (non-hydrogen) atoms. The van der Waals surface area contributed by atoms with Crippen molar-refractivity contribution in [1.29, 1.82) is 0 Å². The molecule has 2 heteroatoms. The summed E-state index contributed by atoms with van der Waals surface area (Å²) in [5.41, 5.74) is 8.80. The lowest BCUT2D eigenvalue weighted by Gasteiger charge is -2.15. The van der Waals surface area contributed by atoms with Crippen molar-refractivity contribution in [3.63, 3.8) is 0 Å². The first-order valence-corrected chi connectivity index (χ1v) is 6.08. The van der Waals surface area contributed by atoms with E-state index in [4.69, 9.17) is 5.73 Å². The van der Waals surface area contributed by atoms with Crippen LogP contribution in [-0.4, -0.2) is 0 Å². The van der Waals surface area contributed by atoms with Crippen molar-refractivity contribution in [3.05, 3.63) is 60.2 Å². The molecule has 0 fully saturated rings. The number of nitrogens with two attached hydrogens (primary N) is 1. The lowest BCUT2D eigenvalue weighted by Crippen LogP contribution is -2.10. The van der Waals surface area contributed by atoms with E-state index in [9.17, 15) is 0 Å². The summed E-state index contributed by atoms with van der Waals surface area (Å²) in [7, 11) is 0. The Morgan fingerprint density at radius 1 is 1.17 bits per heavy atom. The van der Waals surface area contributed by atoms with Crippen molar-refractivity contribution in [2.24, 2.45) is 5.73 Å². The number of fused-ring (bicyclic) bond motifs is 1.